The Morgan fingerprint density at radius 3 is 3.00 bits per heavy atom. The Morgan fingerprint density at radius 2 is 2.21 bits per heavy atom. The number of hydrogen-bond donors (Lipinski definition) is 1. The summed E-state index contributed by atoms with van der Waals surface area (Å²) in [6, 6.07) is 0.719. The molecule has 110 valence electrons. The molecule has 2 aliphatic heterocycles. The van der Waals surface area contributed by atoms with E-state index in [4.69, 9.17) is 4.74 Å². The molecular formula is C16H30N2O. The summed E-state index contributed by atoms with van der Waals surface area (Å²) in [6.45, 7) is 8.21. The van der Waals surface area contributed by atoms with Crippen LogP contribution in [-0.2, 0) is 4.74 Å². The van der Waals surface area contributed by atoms with Gasteiger partial charge in [0.1, 0.15) is 0 Å². The van der Waals surface area contributed by atoms with Crippen LogP contribution >= 0.6 is 0 Å². The van der Waals surface area contributed by atoms with Crippen LogP contribution in [0.5, 0.6) is 0 Å². The van der Waals surface area contributed by atoms with Crippen molar-refractivity contribution in [2.75, 3.05) is 32.8 Å². The lowest BCUT2D eigenvalue weighted by Gasteiger charge is -2.47. The standard InChI is InChI=1S/C16H30N2O/c1-2-7-16(8-9-17-12-16)13-18-10-11-19-15-6-4-3-5-14(15)18/h14-15,17H,2-13H2,1H3. The largest absolute Gasteiger partial charge is 0.375 e. The maximum atomic E-state index is 6.01. The van der Waals surface area contributed by atoms with E-state index >= 15 is 0 Å². The normalized spacial score (nSPS) is 40.3. The van der Waals surface area contributed by atoms with Gasteiger partial charge in [-0.05, 0) is 37.6 Å². The maximum Gasteiger partial charge on any atom is 0.0730 e. The van der Waals surface area contributed by atoms with Gasteiger partial charge in [0.05, 0.1) is 12.7 Å². The van der Waals surface area contributed by atoms with E-state index in [1.165, 1.54) is 64.6 Å². The highest BCUT2D eigenvalue weighted by Gasteiger charge is 2.40. The number of fused-ring (bicyclic) bond motifs is 1. The molecule has 3 atom stereocenters. The quantitative estimate of drug-likeness (QED) is 0.846. The summed E-state index contributed by atoms with van der Waals surface area (Å²) >= 11 is 0. The molecule has 0 aromatic heterocycles. The predicted octanol–water partition coefficient (Wildman–Crippen LogP) is 2.41. The molecule has 3 nitrogen and oxygen atoms in total. The Kier molecular flexibility index (Phi) is 4.45. The topological polar surface area (TPSA) is 24.5 Å². The van der Waals surface area contributed by atoms with Crippen molar-refractivity contribution in [3.63, 3.8) is 0 Å². The molecule has 0 bridgehead atoms. The first-order valence-electron chi connectivity index (χ1n) is 8.39. The first-order chi connectivity index (χ1) is 9.33. The molecule has 0 radical (unpaired) electrons. The van der Waals surface area contributed by atoms with Crippen molar-refractivity contribution >= 4 is 0 Å². The fraction of sp³-hybridized carbons (Fsp3) is 1.00. The number of ether oxygens (including phenoxy) is 1. The highest BCUT2D eigenvalue weighted by atomic mass is 16.5. The van der Waals surface area contributed by atoms with Crippen molar-refractivity contribution in [1.82, 2.24) is 10.2 Å². The van der Waals surface area contributed by atoms with Crippen LogP contribution < -0.4 is 5.32 Å². The Hall–Kier alpha value is -0.120. The molecule has 0 amide bonds. The molecule has 0 aromatic carbocycles. The van der Waals surface area contributed by atoms with Crippen LogP contribution in [0.1, 0.15) is 51.9 Å². The molecule has 0 aromatic rings. The Bertz CT molecular complexity index is 286. The van der Waals surface area contributed by atoms with Gasteiger partial charge >= 0.3 is 0 Å². The summed E-state index contributed by atoms with van der Waals surface area (Å²) in [4.78, 5) is 2.79. The van der Waals surface area contributed by atoms with Gasteiger partial charge in [-0.2, -0.15) is 0 Å². The Labute approximate surface area is 118 Å². The minimum atomic E-state index is 0.538. The smallest absolute Gasteiger partial charge is 0.0730 e. The lowest BCUT2D eigenvalue weighted by Crippen LogP contribution is -2.55. The van der Waals surface area contributed by atoms with E-state index in [-0.39, 0.29) is 0 Å². The molecule has 2 saturated heterocycles. The van der Waals surface area contributed by atoms with E-state index in [9.17, 15) is 0 Å². The van der Waals surface area contributed by atoms with Gasteiger partial charge in [0.25, 0.3) is 0 Å². The third kappa shape index (κ3) is 2.98. The van der Waals surface area contributed by atoms with E-state index in [1.54, 1.807) is 0 Å². The first-order valence-corrected chi connectivity index (χ1v) is 8.39. The molecule has 1 N–H and O–H groups in total. The molecule has 19 heavy (non-hydrogen) atoms. The summed E-state index contributed by atoms with van der Waals surface area (Å²) in [5, 5.41) is 3.60. The molecule has 3 unspecified atom stereocenters. The second-order valence-electron chi connectivity index (χ2n) is 6.91. The average molecular weight is 266 g/mol. The van der Waals surface area contributed by atoms with Crippen molar-refractivity contribution in [3.05, 3.63) is 0 Å². The van der Waals surface area contributed by atoms with E-state index in [2.05, 4.69) is 17.1 Å². The van der Waals surface area contributed by atoms with E-state index in [1.807, 2.05) is 0 Å². The number of nitrogens with zero attached hydrogens (tertiary/aromatic N) is 1. The molecule has 3 rings (SSSR count). The zero-order valence-electron chi connectivity index (χ0n) is 12.5. The molecule has 1 saturated carbocycles. The highest BCUT2D eigenvalue weighted by molar-refractivity contribution is 4.95. The number of hydrogen-bond acceptors (Lipinski definition) is 3. The van der Waals surface area contributed by atoms with Gasteiger partial charge in [-0.1, -0.05) is 26.2 Å². The minimum Gasteiger partial charge on any atom is -0.375 e. The van der Waals surface area contributed by atoms with Crippen molar-refractivity contribution in [3.8, 4) is 0 Å². The third-order valence-electron chi connectivity index (χ3n) is 5.50. The van der Waals surface area contributed by atoms with Crippen molar-refractivity contribution in [1.29, 1.82) is 0 Å². The van der Waals surface area contributed by atoms with Gasteiger partial charge in [0, 0.05) is 25.7 Å². The van der Waals surface area contributed by atoms with E-state index in [0.29, 0.717) is 11.5 Å². The average Bonchev–Trinajstić information content (AvgIpc) is 2.88. The highest BCUT2D eigenvalue weighted by Crippen LogP contribution is 2.36. The van der Waals surface area contributed by atoms with Crippen LogP contribution in [0.3, 0.4) is 0 Å². The molecule has 3 fully saturated rings. The molecule has 0 spiro atoms. The fourth-order valence-electron chi connectivity index (χ4n) is 4.56. The van der Waals surface area contributed by atoms with Crippen LogP contribution in [0, 0.1) is 5.41 Å². The summed E-state index contributed by atoms with van der Waals surface area (Å²) in [6.07, 6.45) is 10.0. The fourth-order valence-corrected chi connectivity index (χ4v) is 4.56. The molecule has 3 heteroatoms. The number of rotatable bonds is 4. The van der Waals surface area contributed by atoms with Crippen LogP contribution in [0.4, 0.5) is 0 Å². The molecule has 3 aliphatic rings. The van der Waals surface area contributed by atoms with Crippen LogP contribution in [0.2, 0.25) is 0 Å². The lowest BCUT2D eigenvalue weighted by atomic mass is 9.80. The van der Waals surface area contributed by atoms with Crippen LogP contribution in [0.15, 0.2) is 0 Å². The number of nitrogens with one attached hydrogen (secondary N) is 1. The van der Waals surface area contributed by atoms with Crippen LogP contribution in [-0.4, -0.2) is 49.8 Å². The van der Waals surface area contributed by atoms with Gasteiger partial charge in [-0.15, -0.1) is 0 Å². The molecular weight excluding hydrogens is 236 g/mol. The zero-order valence-corrected chi connectivity index (χ0v) is 12.5. The summed E-state index contributed by atoms with van der Waals surface area (Å²) in [5.74, 6) is 0. The summed E-state index contributed by atoms with van der Waals surface area (Å²) < 4.78 is 6.01. The second kappa shape index (κ2) is 6.11. The minimum absolute atomic E-state index is 0.538. The maximum absolute atomic E-state index is 6.01. The van der Waals surface area contributed by atoms with Gasteiger partial charge in [0.15, 0.2) is 0 Å². The monoisotopic (exact) mass is 266 g/mol. The van der Waals surface area contributed by atoms with E-state index in [0.717, 1.165) is 19.2 Å². The predicted molar refractivity (Wildman–Crippen MR) is 78.4 cm³/mol. The van der Waals surface area contributed by atoms with Crippen molar-refractivity contribution < 1.29 is 4.74 Å². The summed E-state index contributed by atoms with van der Waals surface area (Å²) in [5.41, 5.74) is 0.550. The summed E-state index contributed by atoms with van der Waals surface area (Å²) in [7, 11) is 0. The van der Waals surface area contributed by atoms with Gasteiger partial charge < -0.3 is 10.1 Å². The van der Waals surface area contributed by atoms with E-state index < -0.39 is 0 Å². The van der Waals surface area contributed by atoms with Crippen LogP contribution in [0.25, 0.3) is 0 Å². The lowest BCUT2D eigenvalue weighted by molar-refractivity contribution is -0.0983. The van der Waals surface area contributed by atoms with Gasteiger partial charge in [-0.25, -0.2) is 0 Å². The number of morpholine rings is 1. The molecule has 2 heterocycles. The Balaban J connectivity index is 1.66. The van der Waals surface area contributed by atoms with Crippen molar-refractivity contribution in [2.24, 2.45) is 5.41 Å². The van der Waals surface area contributed by atoms with Crippen molar-refractivity contribution in [2.45, 2.75) is 64.0 Å². The Morgan fingerprint density at radius 1 is 1.32 bits per heavy atom. The SMILES string of the molecule is CCCC1(CN2CCOC3CCCCC32)CCNC1. The van der Waals surface area contributed by atoms with Gasteiger partial charge in [-0.3, -0.25) is 4.90 Å². The first kappa shape index (κ1) is 13.8. The van der Waals surface area contributed by atoms with Gasteiger partial charge in [0.2, 0.25) is 0 Å². The third-order valence-corrected chi connectivity index (χ3v) is 5.50. The second-order valence-corrected chi connectivity index (χ2v) is 6.91. The molecule has 1 aliphatic carbocycles. The zero-order chi connectivity index (χ0) is 13.1.